The van der Waals surface area contributed by atoms with Crippen molar-refractivity contribution in [1.82, 2.24) is 0 Å². The van der Waals surface area contributed by atoms with Crippen LogP contribution >= 0.6 is 15.9 Å². The zero-order valence-electron chi connectivity index (χ0n) is 11.3. The average Bonchev–Trinajstić information content (AvgIpc) is 2.40. The summed E-state index contributed by atoms with van der Waals surface area (Å²) in [5, 5.41) is 8.88. The van der Waals surface area contributed by atoms with Crippen molar-refractivity contribution >= 4 is 37.6 Å². The van der Waals surface area contributed by atoms with E-state index in [-0.39, 0.29) is 10.5 Å². The molecule has 2 rings (SSSR count). The second kappa shape index (κ2) is 6.05. The third kappa shape index (κ3) is 3.45. The number of hydrogen-bond acceptors (Lipinski definition) is 3. The zero-order valence-corrected chi connectivity index (χ0v) is 13.7. The van der Waals surface area contributed by atoms with Crippen molar-refractivity contribution in [3.8, 4) is 0 Å². The van der Waals surface area contributed by atoms with Gasteiger partial charge in [-0.3, -0.25) is 4.72 Å². The van der Waals surface area contributed by atoms with Gasteiger partial charge in [0.25, 0.3) is 10.0 Å². The molecular formula is C14H11BrFNO4S. The van der Waals surface area contributed by atoms with E-state index < -0.39 is 27.5 Å². The minimum Gasteiger partial charge on any atom is -0.478 e. The van der Waals surface area contributed by atoms with E-state index in [0.29, 0.717) is 4.47 Å². The second-order valence-electron chi connectivity index (χ2n) is 4.54. The Morgan fingerprint density at radius 2 is 1.91 bits per heavy atom. The molecule has 0 heterocycles. The van der Waals surface area contributed by atoms with Crippen molar-refractivity contribution in [1.29, 1.82) is 0 Å². The molecule has 0 aliphatic heterocycles. The number of aryl methyl sites for hydroxylation is 1. The fourth-order valence-electron chi connectivity index (χ4n) is 1.76. The number of carbonyl (C=O) groups is 1. The third-order valence-electron chi connectivity index (χ3n) is 2.83. The summed E-state index contributed by atoms with van der Waals surface area (Å²) in [6.45, 7) is 1.80. The van der Waals surface area contributed by atoms with Gasteiger partial charge >= 0.3 is 5.97 Å². The lowest BCUT2D eigenvalue weighted by molar-refractivity contribution is 0.0697. The zero-order chi connectivity index (χ0) is 16.5. The minimum absolute atomic E-state index is 0.0711. The van der Waals surface area contributed by atoms with Gasteiger partial charge in [-0.25, -0.2) is 17.6 Å². The van der Waals surface area contributed by atoms with Crippen LogP contribution in [0.25, 0.3) is 0 Å². The summed E-state index contributed by atoms with van der Waals surface area (Å²) in [6, 6.07) is 7.46. The molecule has 0 aliphatic carbocycles. The first-order valence-electron chi connectivity index (χ1n) is 6.02. The van der Waals surface area contributed by atoms with Crippen LogP contribution in [0.2, 0.25) is 0 Å². The van der Waals surface area contributed by atoms with E-state index in [2.05, 4.69) is 20.7 Å². The molecule has 116 valence electrons. The van der Waals surface area contributed by atoms with Gasteiger partial charge in [0.15, 0.2) is 0 Å². The van der Waals surface area contributed by atoms with Crippen molar-refractivity contribution in [2.75, 3.05) is 4.72 Å². The minimum atomic E-state index is -4.06. The molecule has 0 fully saturated rings. The van der Waals surface area contributed by atoms with Gasteiger partial charge in [0, 0.05) is 4.47 Å². The quantitative estimate of drug-likeness (QED) is 0.841. The molecule has 0 saturated carbocycles. The van der Waals surface area contributed by atoms with Crippen molar-refractivity contribution < 1.29 is 22.7 Å². The highest BCUT2D eigenvalue weighted by molar-refractivity contribution is 9.10. The fourth-order valence-corrected chi connectivity index (χ4v) is 4.01. The normalized spacial score (nSPS) is 11.2. The van der Waals surface area contributed by atoms with Gasteiger partial charge in [-0.2, -0.15) is 0 Å². The van der Waals surface area contributed by atoms with Crippen LogP contribution in [0.1, 0.15) is 15.9 Å². The van der Waals surface area contributed by atoms with Gasteiger partial charge in [0.05, 0.1) is 11.3 Å². The Morgan fingerprint density at radius 3 is 2.50 bits per heavy atom. The molecule has 2 aromatic rings. The molecule has 0 spiro atoms. The molecule has 8 heteroatoms. The molecule has 2 aromatic carbocycles. The average molecular weight is 388 g/mol. The monoisotopic (exact) mass is 387 g/mol. The predicted octanol–water partition coefficient (Wildman–Crippen LogP) is 3.40. The molecule has 22 heavy (non-hydrogen) atoms. The molecule has 0 unspecified atom stereocenters. The number of aromatic carboxylic acids is 1. The van der Waals surface area contributed by atoms with E-state index in [0.717, 1.165) is 23.8 Å². The van der Waals surface area contributed by atoms with Crippen molar-refractivity contribution in [2.24, 2.45) is 0 Å². The Labute approximate surface area is 135 Å². The number of hydrogen-bond donors (Lipinski definition) is 2. The van der Waals surface area contributed by atoms with Crippen LogP contribution in [0.15, 0.2) is 45.8 Å². The molecule has 0 radical (unpaired) electrons. The third-order valence-corrected chi connectivity index (χ3v) is 5.18. The van der Waals surface area contributed by atoms with E-state index in [1.165, 1.54) is 6.07 Å². The Morgan fingerprint density at radius 1 is 1.23 bits per heavy atom. The molecule has 0 saturated heterocycles. The number of halogens is 2. The highest BCUT2D eigenvalue weighted by atomic mass is 79.9. The van der Waals surface area contributed by atoms with Gasteiger partial charge in [0.2, 0.25) is 0 Å². The highest BCUT2D eigenvalue weighted by Gasteiger charge is 2.20. The fraction of sp³-hybridized carbons (Fsp3) is 0.0714. The summed E-state index contributed by atoms with van der Waals surface area (Å²) in [5.41, 5.74) is 0.208. The van der Waals surface area contributed by atoms with Crippen molar-refractivity contribution in [3.05, 3.63) is 57.8 Å². The largest absolute Gasteiger partial charge is 0.478 e. The van der Waals surface area contributed by atoms with Gasteiger partial charge in [-0.1, -0.05) is 6.07 Å². The maximum absolute atomic E-state index is 13.7. The van der Waals surface area contributed by atoms with Crippen molar-refractivity contribution in [2.45, 2.75) is 11.8 Å². The molecule has 0 aliphatic rings. The lowest BCUT2D eigenvalue weighted by atomic mass is 10.2. The Bertz CT molecular complexity index is 852. The predicted molar refractivity (Wildman–Crippen MR) is 83.0 cm³/mol. The summed E-state index contributed by atoms with van der Waals surface area (Å²) < 4.78 is 40.7. The molecule has 0 bridgehead atoms. The second-order valence-corrected chi connectivity index (χ2v) is 7.04. The van der Waals surface area contributed by atoms with Crippen LogP contribution < -0.4 is 4.72 Å². The number of anilines is 1. The number of rotatable bonds is 4. The standard InChI is InChI=1S/C14H11BrFNO4S/c1-8-2-5-13(10(15)6-8)22(20,21)17-12-7-9(14(18)19)3-4-11(12)16/h2-7,17H,1H3,(H,18,19). The van der Waals surface area contributed by atoms with Crippen molar-refractivity contribution in [3.63, 3.8) is 0 Å². The molecule has 2 N–H and O–H groups in total. The highest BCUT2D eigenvalue weighted by Crippen LogP contribution is 2.26. The Kier molecular flexibility index (Phi) is 4.52. The molecule has 5 nitrogen and oxygen atoms in total. The molecule has 0 atom stereocenters. The molecular weight excluding hydrogens is 377 g/mol. The van der Waals surface area contributed by atoms with Crippen LogP contribution in [-0.2, 0) is 10.0 Å². The maximum Gasteiger partial charge on any atom is 0.335 e. The van der Waals surface area contributed by atoms with E-state index >= 15 is 0 Å². The summed E-state index contributed by atoms with van der Waals surface area (Å²) in [6.07, 6.45) is 0. The van der Waals surface area contributed by atoms with E-state index in [4.69, 9.17) is 5.11 Å². The van der Waals surface area contributed by atoms with Crippen LogP contribution in [-0.4, -0.2) is 19.5 Å². The van der Waals surface area contributed by atoms with E-state index in [9.17, 15) is 17.6 Å². The summed E-state index contributed by atoms with van der Waals surface area (Å²) in [4.78, 5) is 10.8. The molecule has 0 aromatic heterocycles. The molecule has 0 amide bonds. The summed E-state index contributed by atoms with van der Waals surface area (Å²) >= 11 is 3.15. The lowest BCUT2D eigenvalue weighted by Gasteiger charge is -2.11. The first kappa shape index (κ1) is 16.4. The number of carboxylic acid groups (broad SMARTS) is 1. The van der Waals surface area contributed by atoms with Crippen LogP contribution in [0.5, 0.6) is 0 Å². The first-order chi connectivity index (χ1) is 10.2. The van der Waals surface area contributed by atoms with Crippen LogP contribution in [0.3, 0.4) is 0 Å². The van der Waals surface area contributed by atoms with E-state index in [1.54, 1.807) is 19.1 Å². The number of benzene rings is 2. The summed E-state index contributed by atoms with van der Waals surface area (Å²) in [5.74, 6) is -2.14. The van der Waals surface area contributed by atoms with Gasteiger partial charge in [0.1, 0.15) is 10.7 Å². The van der Waals surface area contributed by atoms with Gasteiger partial charge in [-0.05, 0) is 58.7 Å². The van der Waals surface area contributed by atoms with Gasteiger partial charge in [-0.15, -0.1) is 0 Å². The number of nitrogens with one attached hydrogen (secondary N) is 1. The Balaban J connectivity index is 2.45. The SMILES string of the molecule is Cc1ccc(S(=O)(=O)Nc2cc(C(=O)O)ccc2F)c(Br)c1. The smallest absolute Gasteiger partial charge is 0.335 e. The Hall–Kier alpha value is -1.93. The number of carboxylic acids is 1. The maximum atomic E-state index is 13.7. The first-order valence-corrected chi connectivity index (χ1v) is 8.30. The summed E-state index contributed by atoms with van der Waals surface area (Å²) in [7, 11) is -4.06. The van der Waals surface area contributed by atoms with E-state index in [1.807, 2.05) is 0 Å². The topological polar surface area (TPSA) is 83.5 Å². The van der Waals surface area contributed by atoms with Crippen LogP contribution in [0, 0.1) is 12.7 Å². The number of sulfonamides is 1. The van der Waals surface area contributed by atoms with Gasteiger partial charge < -0.3 is 5.11 Å². The lowest BCUT2D eigenvalue weighted by Crippen LogP contribution is -2.15. The van der Waals surface area contributed by atoms with Crippen LogP contribution in [0.4, 0.5) is 10.1 Å².